The van der Waals surface area contributed by atoms with E-state index in [4.69, 9.17) is 38.2 Å². The number of esters is 4. The van der Waals surface area contributed by atoms with Crippen LogP contribution >= 0.6 is 0 Å². The number of unbranched alkanes of at least 4 members (excludes halogenated alkanes) is 2. The molecular formula is C44H45NO11. The van der Waals surface area contributed by atoms with Crippen LogP contribution < -0.4 is 23.7 Å². The van der Waals surface area contributed by atoms with Gasteiger partial charge < -0.3 is 33.2 Å². The van der Waals surface area contributed by atoms with E-state index in [0.29, 0.717) is 98.3 Å². The fourth-order valence-electron chi connectivity index (χ4n) is 4.98. The van der Waals surface area contributed by atoms with E-state index in [1.165, 1.54) is 7.11 Å². The topological polar surface area (TPSA) is 145 Å². The van der Waals surface area contributed by atoms with Crippen LogP contribution in [0.2, 0.25) is 0 Å². The van der Waals surface area contributed by atoms with Crippen molar-refractivity contribution >= 4 is 35.3 Å². The Kier molecular flexibility index (Phi) is 16.9. The van der Waals surface area contributed by atoms with Crippen molar-refractivity contribution in [2.24, 2.45) is 4.99 Å². The molecule has 0 aliphatic carbocycles. The molecule has 0 amide bonds. The number of rotatable bonds is 22. The molecule has 0 heterocycles. The van der Waals surface area contributed by atoms with E-state index in [-0.39, 0.29) is 5.75 Å². The molecule has 0 aromatic heterocycles. The minimum Gasteiger partial charge on any atom is -0.494 e. The number of carbonyl (C=O) groups is 4. The van der Waals surface area contributed by atoms with Crippen LogP contribution in [-0.4, -0.2) is 63.1 Å². The van der Waals surface area contributed by atoms with Crippen LogP contribution in [0.1, 0.15) is 65.3 Å². The molecule has 292 valence electrons. The van der Waals surface area contributed by atoms with Gasteiger partial charge in [0.05, 0.1) is 50.4 Å². The molecule has 12 heteroatoms. The van der Waals surface area contributed by atoms with Crippen molar-refractivity contribution in [2.75, 3.05) is 33.5 Å². The first kappa shape index (κ1) is 42.1. The van der Waals surface area contributed by atoms with Gasteiger partial charge in [-0.1, -0.05) is 20.1 Å². The molecular weight excluding hydrogens is 718 g/mol. The second kappa shape index (κ2) is 22.5. The number of aliphatic imine (C=N–C) groups is 1. The Bertz CT molecular complexity index is 1970. The normalized spacial score (nSPS) is 10.8. The molecule has 0 aliphatic rings. The summed E-state index contributed by atoms with van der Waals surface area (Å²) in [6, 6.07) is 25.4. The molecule has 56 heavy (non-hydrogen) atoms. The smallest absolute Gasteiger partial charge is 0.343 e. The molecule has 12 nitrogen and oxygen atoms in total. The summed E-state index contributed by atoms with van der Waals surface area (Å²) in [5, 5.41) is 0. The van der Waals surface area contributed by atoms with E-state index in [9.17, 15) is 19.2 Å². The Morgan fingerprint density at radius 2 is 1.04 bits per heavy atom. The predicted octanol–water partition coefficient (Wildman–Crippen LogP) is 8.44. The molecule has 0 bridgehead atoms. The number of methoxy groups -OCH3 is 1. The van der Waals surface area contributed by atoms with Crippen LogP contribution in [0.5, 0.6) is 28.7 Å². The number of hydrogen-bond acceptors (Lipinski definition) is 12. The molecule has 0 aliphatic heterocycles. The average Bonchev–Trinajstić information content (AvgIpc) is 3.23. The Labute approximate surface area is 326 Å². The fourth-order valence-corrected chi connectivity index (χ4v) is 4.98. The van der Waals surface area contributed by atoms with Gasteiger partial charge in [-0.15, -0.1) is 0 Å². The second-order valence-electron chi connectivity index (χ2n) is 12.0. The Morgan fingerprint density at radius 1 is 0.571 bits per heavy atom. The van der Waals surface area contributed by atoms with E-state index >= 15 is 0 Å². The number of ether oxygens (including phenoxy) is 7. The fraction of sp³-hybridized carbons (Fsp3) is 0.250. The standard InChI is InChI=1S/C44H45NO11/c1-5-38(31-12-23-37(24-13-31)55-43(48)32-14-19-35(20-15-32)51-26-8-10-28-53-41(46)6-2)45-34-18-25-39(40(30-34)50-4)56-44(49)33-16-21-36(22-17-33)52-27-9-11-29-54-42(47)7-3/h6-7,12-25,30H,2-3,5,8-11,26-29H2,1,4H3/b45-38+. The molecule has 0 N–H and O–H groups in total. The third-order valence-electron chi connectivity index (χ3n) is 7.96. The van der Waals surface area contributed by atoms with E-state index in [2.05, 4.69) is 13.2 Å². The molecule has 4 aromatic rings. The second-order valence-corrected chi connectivity index (χ2v) is 12.0. The molecule has 4 rings (SSSR count). The highest BCUT2D eigenvalue weighted by Crippen LogP contribution is 2.33. The van der Waals surface area contributed by atoms with E-state index in [1.54, 1.807) is 78.9 Å². The van der Waals surface area contributed by atoms with Gasteiger partial charge in [0.2, 0.25) is 0 Å². The van der Waals surface area contributed by atoms with Crippen molar-refractivity contribution in [3.8, 4) is 28.7 Å². The van der Waals surface area contributed by atoms with Crippen LogP contribution in [0.25, 0.3) is 0 Å². The molecule has 0 unspecified atom stereocenters. The predicted molar refractivity (Wildman–Crippen MR) is 210 cm³/mol. The van der Waals surface area contributed by atoms with Gasteiger partial charge in [0, 0.05) is 23.9 Å². The lowest BCUT2D eigenvalue weighted by Gasteiger charge is -2.11. The summed E-state index contributed by atoms with van der Waals surface area (Å²) in [5.74, 6) is 0.178. The van der Waals surface area contributed by atoms with Crippen molar-refractivity contribution in [3.05, 3.63) is 133 Å². The van der Waals surface area contributed by atoms with Crippen LogP contribution in [0.15, 0.2) is 121 Å². The molecule has 4 aromatic carbocycles. The van der Waals surface area contributed by atoms with Gasteiger partial charge in [-0.2, -0.15) is 0 Å². The molecule has 0 radical (unpaired) electrons. The highest BCUT2D eigenvalue weighted by atomic mass is 16.6. The molecule has 0 spiro atoms. The van der Waals surface area contributed by atoms with Crippen molar-refractivity contribution in [1.29, 1.82) is 0 Å². The molecule has 0 atom stereocenters. The number of carbonyl (C=O) groups excluding carboxylic acids is 4. The van der Waals surface area contributed by atoms with Gasteiger partial charge >= 0.3 is 23.9 Å². The minimum absolute atomic E-state index is 0.237. The Hall–Kier alpha value is -6.69. The third-order valence-corrected chi connectivity index (χ3v) is 7.96. The number of nitrogens with zero attached hydrogens (tertiary/aromatic N) is 1. The van der Waals surface area contributed by atoms with Gasteiger partial charge in [-0.05, 0) is 123 Å². The summed E-state index contributed by atoms with van der Waals surface area (Å²) in [7, 11) is 1.48. The highest BCUT2D eigenvalue weighted by Gasteiger charge is 2.15. The van der Waals surface area contributed by atoms with E-state index in [0.717, 1.165) is 23.4 Å². The van der Waals surface area contributed by atoms with Crippen LogP contribution in [0.3, 0.4) is 0 Å². The van der Waals surface area contributed by atoms with Gasteiger partial charge in [0.15, 0.2) is 11.5 Å². The largest absolute Gasteiger partial charge is 0.494 e. The maximum atomic E-state index is 12.9. The monoisotopic (exact) mass is 763 g/mol. The quantitative estimate of drug-likeness (QED) is 0.0250. The number of benzene rings is 4. The summed E-state index contributed by atoms with van der Waals surface area (Å²) >= 11 is 0. The lowest BCUT2D eigenvalue weighted by atomic mass is 10.1. The Balaban J connectivity index is 1.27. The van der Waals surface area contributed by atoms with Gasteiger partial charge in [0.1, 0.15) is 17.2 Å². The van der Waals surface area contributed by atoms with Crippen LogP contribution in [-0.2, 0) is 19.1 Å². The SMILES string of the molecule is C=CC(=O)OCCCCOc1ccc(C(=O)Oc2ccc(/C(CC)=N/c3ccc(OC(=O)c4ccc(OCCCCOC(=O)C=C)cc4)c(OC)c3)cc2)cc1. The van der Waals surface area contributed by atoms with Gasteiger partial charge in [0.25, 0.3) is 0 Å². The lowest BCUT2D eigenvalue weighted by molar-refractivity contribution is -0.138. The zero-order valence-electron chi connectivity index (χ0n) is 31.5. The average molecular weight is 764 g/mol. The van der Waals surface area contributed by atoms with Crippen LogP contribution in [0, 0.1) is 0 Å². The van der Waals surface area contributed by atoms with E-state index < -0.39 is 23.9 Å². The lowest BCUT2D eigenvalue weighted by Crippen LogP contribution is -2.09. The summed E-state index contributed by atoms with van der Waals surface area (Å²) in [6.07, 6.45) is 5.56. The van der Waals surface area contributed by atoms with E-state index in [1.807, 2.05) is 19.1 Å². The summed E-state index contributed by atoms with van der Waals surface area (Å²) < 4.78 is 38.0. The maximum absolute atomic E-state index is 12.9. The third kappa shape index (κ3) is 13.6. The first-order valence-corrected chi connectivity index (χ1v) is 18.1. The first-order chi connectivity index (χ1) is 27.2. The number of hydrogen-bond donors (Lipinski definition) is 0. The summed E-state index contributed by atoms with van der Waals surface area (Å²) in [6.45, 7) is 10.2. The summed E-state index contributed by atoms with van der Waals surface area (Å²) in [5.41, 5.74) is 2.91. The molecule has 0 saturated heterocycles. The van der Waals surface area contributed by atoms with Gasteiger partial charge in [-0.25, -0.2) is 19.2 Å². The molecule has 0 saturated carbocycles. The van der Waals surface area contributed by atoms with Crippen molar-refractivity contribution in [2.45, 2.75) is 39.0 Å². The van der Waals surface area contributed by atoms with Crippen molar-refractivity contribution < 1.29 is 52.3 Å². The minimum atomic E-state index is -0.565. The van der Waals surface area contributed by atoms with Crippen molar-refractivity contribution in [1.82, 2.24) is 0 Å². The van der Waals surface area contributed by atoms with Crippen molar-refractivity contribution in [3.63, 3.8) is 0 Å². The maximum Gasteiger partial charge on any atom is 0.343 e. The van der Waals surface area contributed by atoms with Crippen LogP contribution in [0.4, 0.5) is 5.69 Å². The zero-order valence-corrected chi connectivity index (χ0v) is 31.5. The highest BCUT2D eigenvalue weighted by molar-refractivity contribution is 6.02. The molecule has 0 fully saturated rings. The first-order valence-electron chi connectivity index (χ1n) is 18.1. The zero-order chi connectivity index (χ0) is 40.1. The summed E-state index contributed by atoms with van der Waals surface area (Å²) in [4.78, 5) is 52.7. The van der Waals surface area contributed by atoms with Gasteiger partial charge in [-0.3, -0.25) is 4.99 Å². The Morgan fingerprint density at radius 3 is 1.52 bits per heavy atom.